The molecule has 6 rings (SSSR count). The van der Waals surface area contributed by atoms with E-state index < -0.39 is 0 Å². The zero-order valence-electron chi connectivity index (χ0n) is 20.2. The third-order valence-corrected chi connectivity index (χ3v) is 7.11. The molecule has 0 radical (unpaired) electrons. The van der Waals surface area contributed by atoms with E-state index in [2.05, 4.69) is 125 Å². The van der Waals surface area contributed by atoms with Gasteiger partial charge in [-0.05, 0) is 91.7 Å². The fourth-order valence-electron chi connectivity index (χ4n) is 5.87. The van der Waals surface area contributed by atoms with Crippen molar-refractivity contribution in [2.75, 3.05) is 0 Å². The normalized spacial score (nSPS) is 11.5. The molecule has 0 N–H and O–H groups in total. The Kier molecular flexibility index (Phi) is 4.78. The maximum absolute atomic E-state index is 2.30. The number of fused-ring (bicyclic) bond motifs is 4. The van der Waals surface area contributed by atoms with Gasteiger partial charge >= 0.3 is 0 Å². The zero-order valence-corrected chi connectivity index (χ0v) is 20.2. The fraction of sp³-hybridized carbons (Fsp3) is 0.118. The minimum absolute atomic E-state index is 1.32. The molecule has 0 aliphatic carbocycles. The first-order valence-corrected chi connectivity index (χ1v) is 12.1. The molecule has 0 aliphatic rings. The molecule has 0 aromatic heterocycles. The first-order chi connectivity index (χ1) is 16.6. The molecular formula is C34H28. The summed E-state index contributed by atoms with van der Waals surface area (Å²) in [6, 6.07) is 35.8. The fourth-order valence-corrected chi connectivity index (χ4v) is 5.87. The minimum atomic E-state index is 1.32. The lowest BCUT2D eigenvalue weighted by atomic mass is 9.90. The minimum Gasteiger partial charge on any atom is -0.0679 e. The quantitative estimate of drug-likeness (QED) is 0.212. The summed E-state index contributed by atoms with van der Waals surface area (Å²) in [5.74, 6) is 0. The van der Waals surface area contributed by atoms with Crippen LogP contribution in [-0.4, -0.2) is 0 Å². The van der Waals surface area contributed by atoms with Crippen LogP contribution in [-0.2, 0) is 0 Å². The Labute approximate surface area is 199 Å². The molecule has 6 aromatic rings. The molecule has 6 aromatic carbocycles. The van der Waals surface area contributed by atoms with E-state index >= 15 is 0 Å². The first kappa shape index (κ1) is 20.7. The highest BCUT2D eigenvalue weighted by molar-refractivity contribution is 6.06. The van der Waals surface area contributed by atoms with Crippen molar-refractivity contribution in [3.05, 3.63) is 118 Å². The highest BCUT2D eigenvalue weighted by Crippen LogP contribution is 2.28. The van der Waals surface area contributed by atoms with Crippen molar-refractivity contribution in [3.63, 3.8) is 0 Å². The average molecular weight is 437 g/mol. The second-order valence-corrected chi connectivity index (χ2v) is 9.68. The van der Waals surface area contributed by atoms with E-state index in [4.69, 9.17) is 0 Å². The molecule has 0 spiro atoms. The molecule has 0 saturated carbocycles. The summed E-state index contributed by atoms with van der Waals surface area (Å²) in [6.45, 7) is 8.92. The summed E-state index contributed by atoms with van der Waals surface area (Å²) < 4.78 is 0. The number of rotatable bonds is 0. The van der Waals surface area contributed by atoms with Gasteiger partial charge in [-0.2, -0.15) is 0 Å². The SMILES string of the molecule is CC(C)=c1c2ccccc2c(=c2c3ccccc3c(=C(C)C)c3ccccc23)c2ccccc12. The molecule has 0 aliphatic heterocycles. The van der Waals surface area contributed by atoms with Crippen LogP contribution in [0.25, 0.3) is 54.2 Å². The van der Waals surface area contributed by atoms with Crippen LogP contribution in [0.5, 0.6) is 0 Å². The monoisotopic (exact) mass is 436 g/mol. The van der Waals surface area contributed by atoms with Crippen molar-refractivity contribution < 1.29 is 0 Å². The van der Waals surface area contributed by atoms with Crippen LogP contribution in [0.15, 0.2) is 97.1 Å². The van der Waals surface area contributed by atoms with Gasteiger partial charge in [-0.1, -0.05) is 108 Å². The van der Waals surface area contributed by atoms with Gasteiger partial charge in [0.1, 0.15) is 0 Å². The molecule has 0 nitrogen and oxygen atoms in total. The van der Waals surface area contributed by atoms with Crippen molar-refractivity contribution in [1.82, 2.24) is 0 Å². The molecule has 0 unspecified atom stereocenters. The predicted molar refractivity (Wildman–Crippen MR) is 149 cm³/mol. The average Bonchev–Trinajstić information content (AvgIpc) is 2.85. The van der Waals surface area contributed by atoms with Crippen LogP contribution in [0, 0.1) is 10.4 Å². The smallest absolute Gasteiger partial charge is 0.00139 e. The Hall–Kier alpha value is -3.90. The molecule has 0 atom stereocenters. The molecule has 0 saturated heterocycles. The number of hydrogen-bond donors (Lipinski definition) is 0. The van der Waals surface area contributed by atoms with Gasteiger partial charge in [0.05, 0.1) is 0 Å². The lowest BCUT2D eigenvalue weighted by molar-refractivity contribution is 1.54. The van der Waals surface area contributed by atoms with Gasteiger partial charge in [0, 0.05) is 0 Å². The number of hydrogen-bond acceptors (Lipinski definition) is 0. The third-order valence-electron chi connectivity index (χ3n) is 7.11. The Morgan fingerprint density at radius 2 is 0.529 bits per heavy atom. The summed E-state index contributed by atoms with van der Waals surface area (Å²) in [7, 11) is 0. The van der Waals surface area contributed by atoms with Crippen molar-refractivity contribution in [2.45, 2.75) is 27.7 Å². The summed E-state index contributed by atoms with van der Waals surface area (Å²) in [5, 5.41) is 16.0. The first-order valence-electron chi connectivity index (χ1n) is 12.1. The van der Waals surface area contributed by atoms with E-state index in [-0.39, 0.29) is 0 Å². The summed E-state index contributed by atoms with van der Waals surface area (Å²) in [5.41, 5.74) is 2.69. The highest BCUT2D eigenvalue weighted by atomic mass is 14.1. The van der Waals surface area contributed by atoms with Crippen LogP contribution in [0.4, 0.5) is 0 Å². The van der Waals surface area contributed by atoms with E-state index in [9.17, 15) is 0 Å². The zero-order chi connectivity index (χ0) is 23.4. The van der Waals surface area contributed by atoms with Gasteiger partial charge in [-0.25, -0.2) is 0 Å². The molecular weight excluding hydrogens is 408 g/mol. The van der Waals surface area contributed by atoms with E-state index in [0.717, 1.165) is 0 Å². The second-order valence-electron chi connectivity index (χ2n) is 9.68. The van der Waals surface area contributed by atoms with Gasteiger partial charge in [0.2, 0.25) is 0 Å². The lowest BCUT2D eigenvalue weighted by Crippen LogP contribution is -2.10. The molecule has 0 fully saturated rings. The number of benzene rings is 6. The van der Waals surface area contributed by atoms with Crippen molar-refractivity contribution in [3.8, 4) is 0 Å². The largest absolute Gasteiger partial charge is 0.0679 e. The Balaban J connectivity index is 2.20. The highest BCUT2D eigenvalue weighted by Gasteiger charge is 2.11. The van der Waals surface area contributed by atoms with Crippen molar-refractivity contribution in [1.29, 1.82) is 0 Å². The molecule has 0 heteroatoms. The standard InChI is InChI=1S/C34H28/c1-21(2)31-23-13-5-9-17-27(23)33(28-18-10-6-14-24(28)31)34-29-19-11-7-15-25(29)32(22(3)4)26-16-8-12-20-30(26)34/h5-20H,1-4H3. The van der Waals surface area contributed by atoms with E-state index in [1.165, 1.54) is 75.1 Å². The van der Waals surface area contributed by atoms with E-state index in [1.54, 1.807) is 0 Å². The third kappa shape index (κ3) is 2.92. The van der Waals surface area contributed by atoms with Crippen molar-refractivity contribution in [2.24, 2.45) is 0 Å². The summed E-state index contributed by atoms with van der Waals surface area (Å²) in [4.78, 5) is 0. The van der Waals surface area contributed by atoms with Gasteiger partial charge in [-0.3, -0.25) is 0 Å². The molecule has 164 valence electrons. The molecule has 0 amide bonds. The van der Waals surface area contributed by atoms with Gasteiger partial charge in [0.25, 0.3) is 0 Å². The maximum Gasteiger partial charge on any atom is -0.00139 e. The Bertz CT molecular complexity index is 1710. The molecule has 0 bridgehead atoms. The van der Waals surface area contributed by atoms with E-state index in [1.807, 2.05) is 0 Å². The predicted octanol–water partition coefficient (Wildman–Crippen LogP) is 7.97. The maximum atomic E-state index is 2.30. The van der Waals surface area contributed by atoms with Crippen LogP contribution in [0.1, 0.15) is 27.7 Å². The van der Waals surface area contributed by atoms with Crippen molar-refractivity contribution >= 4 is 54.2 Å². The lowest BCUT2D eigenvalue weighted by Gasteiger charge is -2.13. The van der Waals surface area contributed by atoms with Gasteiger partial charge in [0.15, 0.2) is 0 Å². The second kappa shape index (κ2) is 7.85. The van der Waals surface area contributed by atoms with E-state index in [0.29, 0.717) is 0 Å². The van der Waals surface area contributed by atoms with Crippen LogP contribution < -0.4 is 10.4 Å². The van der Waals surface area contributed by atoms with Crippen LogP contribution >= 0.6 is 0 Å². The molecule has 34 heavy (non-hydrogen) atoms. The summed E-state index contributed by atoms with van der Waals surface area (Å²) in [6.07, 6.45) is 0. The Morgan fingerprint density at radius 3 is 0.735 bits per heavy atom. The topological polar surface area (TPSA) is 0 Å². The van der Waals surface area contributed by atoms with Gasteiger partial charge < -0.3 is 0 Å². The van der Waals surface area contributed by atoms with Gasteiger partial charge in [-0.15, -0.1) is 0 Å². The Morgan fingerprint density at radius 1 is 0.324 bits per heavy atom. The molecule has 0 heterocycles. The summed E-state index contributed by atoms with van der Waals surface area (Å²) >= 11 is 0. The van der Waals surface area contributed by atoms with Crippen LogP contribution in [0.2, 0.25) is 0 Å². The van der Waals surface area contributed by atoms with Crippen LogP contribution in [0.3, 0.4) is 0 Å².